The standard InChI is InChI=1S/C17H24N2S/c1-17(2,3)13-8-4-5-9-15(13)19-16-18-14-10-6-7-12(14)11-20-16/h4-5,8-9,12,14H,6-7,10-11H2,1-3H3,(H,18,19). The van der Waals surface area contributed by atoms with E-state index in [1.54, 1.807) is 0 Å². The maximum absolute atomic E-state index is 4.93. The molecule has 3 heteroatoms. The van der Waals surface area contributed by atoms with Crippen LogP contribution in [-0.2, 0) is 5.41 Å². The van der Waals surface area contributed by atoms with Gasteiger partial charge in [-0.25, -0.2) is 0 Å². The summed E-state index contributed by atoms with van der Waals surface area (Å²) in [5.74, 6) is 2.05. The van der Waals surface area contributed by atoms with Crippen LogP contribution in [0.15, 0.2) is 29.3 Å². The van der Waals surface area contributed by atoms with E-state index in [1.807, 2.05) is 11.8 Å². The molecule has 3 rings (SSSR count). The summed E-state index contributed by atoms with van der Waals surface area (Å²) >= 11 is 1.89. The van der Waals surface area contributed by atoms with Crippen molar-refractivity contribution in [1.82, 2.24) is 0 Å². The van der Waals surface area contributed by atoms with Gasteiger partial charge in [-0.2, -0.15) is 0 Å². The van der Waals surface area contributed by atoms with Crippen molar-refractivity contribution in [3.8, 4) is 0 Å². The van der Waals surface area contributed by atoms with E-state index in [9.17, 15) is 0 Å². The average molecular weight is 288 g/mol. The van der Waals surface area contributed by atoms with Crippen LogP contribution in [0.2, 0.25) is 0 Å². The topological polar surface area (TPSA) is 24.4 Å². The van der Waals surface area contributed by atoms with Crippen LogP contribution >= 0.6 is 11.8 Å². The van der Waals surface area contributed by atoms with Gasteiger partial charge in [0.2, 0.25) is 0 Å². The van der Waals surface area contributed by atoms with E-state index in [-0.39, 0.29) is 5.41 Å². The molecule has 1 aliphatic carbocycles. The fourth-order valence-corrected chi connectivity index (χ4v) is 4.34. The summed E-state index contributed by atoms with van der Waals surface area (Å²) in [5, 5.41) is 4.70. The molecule has 1 aromatic carbocycles. The van der Waals surface area contributed by atoms with E-state index in [0.717, 1.165) is 11.1 Å². The minimum atomic E-state index is 0.152. The van der Waals surface area contributed by atoms with Gasteiger partial charge >= 0.3 is 0 Å². The van der Waals surface area contributed by atoms with Crippen molar-refractivity contribution in [3.63, 3.8) is 0 Å². The van der Waals surface area contributed by atoms with Crippen LogP contribution in [0.4, 0.5) is 5.69 Å². The predicted molar refractivity (Wildman–Crippen MR) is 89.8 cm³/mol. The second-order valence-corrected chi connectivity index (χ2v) is 7.93. The first-order valence-corrected chi connectivity index (χ1v) is 8.60. The highest BCUT2D eigenvalue weighted by molar-refractivity contribution is 8.14. The number of hydrogen-bond donors (Lipinski definition) is 1. The highest BCUT2D eigenvalue weighted by Gasteiger charge is 2.31. The van der Waals surface area contributed by atoms with E-state index in [2.05, 4.69) is 50.4 Å². The minimum absolute atomic E-state index is 0.152. The molecule has 1 heterocycles. The average Bonchev–Trinajstić information content (AvgIpc) is 2.85. The zero-order valence-electron chi connectivity index (χ0n) is 12.6. The molecular formula is C17H24N2S. The second-order valence-electron chi connectivity index (χ2n) is 6.92. The normalized spacial score (nSPS) is 26.1. The molecule has 0 amide bonds. The zero-order chi connectivity index (χ0) is 14.2. The molecule has 0 bridgehead atoms. The fourth-order valence-electron chi connectivity index (χ4n) is 3.19. The van der Waals surface area contributed by atoms with E-state index in [1.165, 1.54) is 36.3 Å². The Balaban J connectivity index is 1.82. The minimum Gasteiger partial charge on any atom is -0.335 e. The Morgan fingerprint density at radius 2 is 2.00 bits per heavy atom. The smallest absolute Gasteiger partial charge is 0.161 e. The quantitative estimate of drug-likeness (QED) is 0.812. The molecule has 2 aliphatic rings. The van der Waals surface area contributed by atoms with Crippen molar-refractivity contribution in [1.29, 1.82) is 0 Å². The molecule has 1 aromatic rings. The van der Waals surface area contributed by atoms with Gasteiger partial charge < -0.3 is 5.32 Å². The van der Waals surface area contributed by atoms with E-state index in [0.29, 0.717) is 6.04 Å². The Hall–Kier alpha value is -0.960. The number of nitrogens with one attached hydrogen (secondary N) is 1. The van der Waals surface area contributed by atoms with Gasteiger partial charge in [-0.3, -0.25) is 4.99 Å². The predicted octanol–water partition coefficient (Wildman–Crippen LogP) is 4.67. The van der Waals surface area contributed by atoms with Gasteiger partial charge in [0.05, 0.1) is 6.04 Å². The highest BCUT2D eigenvalue weighted by Crippen LogP contribution is 2.36. The first-order chi connectivity index (χ1) is 9.54. The fraction of sp³-hybridized carbons (Fsp3) is 0.588. The lowest BCUT2D eigenvalue weighted by Crippen LogP contribution is -2.26. The van der Waals surface area contributed by atoms with Gasteiger partial charge in [-0.05, 0) is 35.8 Å². The summed E-state index contributed by atoms with van der Waals surface area (Å²) in [5.41, 5.74) is 2.72. The number of para-hydroxylation sites is 1. The number of benzene rings is 1. The third kappa shape index (κ3) is 2.88. The van der Waals surface area contributed by atoms with Gasteiger partial charge in [-0.15, -0.1) is 0 Å². The molecule has 0 spiro atoms. The summed E-state index contributed by atoms with van der Waals surface area (Å²) in [4.78, 5) is 4.93. The molecule has 1 saturated carbocycles. The maximum atomic E-state index is 4.93. The lowest BCUT2D eigenvalue weighted by Gasteiger charge is -2.27. The van der Waals surface area contributed by atoms with Crippen LogP contribution in [-0.4, -0.2) is 17.0 Å². The molecule has 0 radical (unpaired) electrons. The van der Waals surface area contributed by atoms with Gasteiger partial charge in [0, 0.05) is 11.4 Å². The summed E-state index contributed by atoms with van der Waals surface area (Å²) < 4.78 is 0. The molecule has 0 saturated heterocycles. The third-order valence-corrected chi connectivity index (χ3v) is 5.39. The Morgan fingerprint density at radius 1 is 1.20 bits per heavy atom. The summed E-state index contributed by atoms with van der Waals surface area (Å²) in [6.45, 7) is 6.78. The van der Waals surface area contributed by atoms with E-state index < -0.39 is 0 Å². The molecule has 108 valence electrons. The Bertz CT molecular complexity index is 516. The lowest BCUT2D eigenvalue weighted by atomic mass is 9.86. The van der Waals surface area contributed by atoms with Gasteiger partial charge in [0.1, 0.15) is 0 Å². The second kappa shape index (κ2) is 5.44. The third-order valence-electron chi connectivity index (χ3n) is 4.31. The summed E-state index contributed by atoms with van der Waals surface area (Å²) in [6.07, 6.45) is 4.00. The van der Waals surface area contributed by atoms with Crippen LogP contribution < -0.4 is 5.32 Å². The van der Waals surface area contributed by atoms with Crippen LogP contribution in [0, 0.1) is 5.92 Å². The van der Waals surface area contributed by atoms with Crippen molar-refractivity contribution in [2.24, 2.45) is 10.9 Å². The number of fused-ring (bicyclic) bond motifs is 1. The molecular weight excluding hydrogens is 264 g/mol. The number of rotatable bonds is 1. The number of aliphatic imine (C=N–C) groups is 1. The van der Waals surface area contributed by atoms with Crippen molar-refractivity contribution < 1.29 is 0 Å². The van der Waals surface area contributed by atoms with Crippen molar-refractivity contribution in [3.05, 3.63) is 29.8 Å². The first-order valence-electron chi connectivity index (χ1n) is 7.61. The molecule has 2 unspecified atom stereocenters. The zero-order valence-corrected chi connectivity index (χ0v) is 13.5. The van der Waals surface area contributed by atoms with Crippen LogP contribution in [0.5, 0.6) is 0 Å². The van der Waals surface area contributed by atoms with E-state index in [4.69, 9.17) is 4.99 Å². The van der Waals surface area contributed by atoms with Gasteiger partial charge in [0.25, 0.3) is 0 Å². The maximum Gasteiger partial charge on any atom is 0.161 e. The van der Waals surface area contributed by atoms with Crippen molar-refractivity contribution >= 4 is 22.6 Å². The summed E-state index contributed by atoms with van der Waals surface area (Å²) in [6, 6.07) is 9.18. The number of thioether (sulfide) groups is 1. The first kappa shape index (κ1) is 14.0. The Morgan fingerprint density at radius 3 is 2.80 bits per heavy atom. The molecule has 2 nitrogen and oxygen atoms in total. The molecule has 1 fully saturated rings. The van der Waals surface area contributed by atoms with Gasteiger partial charge in [0.15, 0.2) is 5.17 Å². The van der Waals surface area contributed by atoms with Gasteiger partial charge in [-0.1, -0.05) is 57.2 Å². The SMILES string of the molecule is CC(C)(C)c1ccccc1NC1=NC2CCCC2CS1. The number of nitrogens with zero attached hydrogens (tertiary/aromatic N) is 1. The molecule has 1 N–H and O–H groups in total. The Labute approximate surface area is 126 Å². The molecule has 2 atom stereocenters. The largest absolute Gasteiger partial charge is 0.335 e. The van der Waals surface area contributed by atoms with Crippen LogP contribution in [0.25, 0.3) is 0 Å². The highest BCUT2D eigenvalue weighted by atomic mass is 32.2. The lowest BCUT2D eigenvalue weighted by molar-refractivity contribution is 0.535. The molecule has 0 aromatic heterocycles. The van der Waals surface area contributed by atoms with Crippen molar-refractivity contribution in [2.75, 3.05) is 11.1 Å². The number of hydrogen-bond acceptors (Lipinski definition) is 3. The van der Waals surface area contributed by atoms with E-state index >= 15 is 0 Å². The monoisotopic (exact) mass is 288 g/mol. The van der Waals surface area contributed by atoms with Crippen LogP contribution in [0.3, 0.4) is 0 Å². The number of anilines is 1. The number of amidine groups is 1. The Kier molecular flexibility index (Phi) is 3.80. The molecule has 1 aliphatic heterocycles. The van der Waals surface area contributed by atoms with Crippen LogP contribution in [0.1, 0.15) is 45.6 Å². The molecule has 20 heavy (non-hydrogen) atoms. The summed E-state index contributed by atoms with van der Waals surface area (Å²) in [7, 11) is 0. The van der Waals surface area contributed by atoms with Crippen molar-refractivity contribution in [2.45, 2.75) is 51.5 Å².